The lowest BCUT2D eigenvalue weighted by molar-refractivity contribution is -0.116. The Labute approximate surface area is 105 Å². The highest BCUT2D eigenvalue weighted by Gasteiger charge is 2.11. The molecule has 0 bridgehead atoms. The highest BCUT2D eigenvalue weighted by molar-refractivity contribution is 7.89. The lowest BCUT2D eigenvalue weighted by Crippen LogP contribution is -2.36. The number of carbonyl (C=O) groups excluding carboxylic acids is 1. The van der Waals surface area contributed by atoms with Crippen LogP contribution in [0.4, 0.5) is 5.69 Å². The van der Waals surface area contributed by atoms with Crippen LogP contribution < -0.4 is 20.9 Å². The fourth-order valence-electron chi connectivity index (χ4n) is 1.13. The average Bonchev–Trinajstić information content (AvgIpc) is 2.29. The molecule has 0 fully saturated rings. The van der Waals surface area contributed by atoms with E-state index in [2.05, 4.69) is 0 Å². The van der Waals surface area contributed by atoms with E-state index in [0.717, 1.165) is 0 Å². The third-order valence-corrected chi connectivity index (χ3v) is 3.28. The summed E-state index contributed by atoms with van der Waals surface area (Å²) < 4.78 is 30.0. The van der Waals surface area contributed by atoms with E-state index in [1.165, 1.54) is 0 Å². The van der Waals surface area contributed by atoms with E-state index in [9.17, 15) is 13.2 Å². The quantitative estimate of drug-likeness (QED) is 0.552. The number of anilines is 1. The predicted molar refractivity (Wildman–Crippen MR) is 67.3 cm³/mol. The number of ether oxygens (including phenoxy) is 1. The first-order chi connectivity index (χ1) is 8.41. The topological polar surface area (TPSA) is 125 Å². The maximum absolute atomic E-state index is 11.4. The first-order valence-electron chi connectivity index (χ1n) is 5.13. The summed E-state index contributed by atoms with van der Waals surface area (Å²) in [7, 11) is -3.58. The summed E-state index contributed by atoms with van der Waals surface area (Å²) in [4.78, 5) is 10.4. The lowest BCUT2D eigenvalue weighted by atomic mass is 10.3. The number of amides is 1. The fourth-order valence-corrected chi connectivity index (χ4v) is 1.94. The van der Waals surface area contributed by atoms with Crippen molar-refractivity contribution in [3.8, 4) is 5.75 Å². The number of sulfonamides is 1. The van der Waals surface area contributed by atoms with Crippen LogP contribution in [0.1, 0.15) is 0 Å². The van der Waals surface area contributed by atoms with E-state index in [1.54, 1.807) is 24.3 Å². The second-order valence-electron chi connectivity index (χ2n) is 3.49. The average molecular weight is 273 g/mol. The number of carbonyl (C=O) groups is 1. The molecule has 18 heavy (non-hydrogen) atoms. The highest BCUT2D eigenvalue weighted by Crippen LogP contribution is 2.19. The van der Waals surface area contributed by atoms with Gasteiger partial charge in [-0.3, -0.25) is 4.79 Å². The molecular weight excluding hydrogens is 258 g/mol. The molecule has 1 aromatic carbocycles. The molecule has 8 heteroatoms. The largest absolute Gasteiger partial charge is 0.490 e. The second-order valence-corrected chi connectivity index (χ2v) is 5.42. The number of nitrogens with one attached hydrogen (secondary N) is 1. The molecule has 0 aliphatic rings. The molecule has 0 aliphatic carbocycles. The van der Waals surface area contributed by atoms with E-state index >= 15 is 0 Å². The van der Waals surface area contributed by atoms with E-state index in [0.29, 0.717) is 11.4 Å². The molecule has 7 nitrogen and oxygen atoms in total. The zero-order chi connectivity index (χ0) is 13.6. The molecule has 1 aromatic rings. The van der Waals surface area contributed by atoms with Crippen LogP contribution in [0.5, 0.6) is 5.75 Å². The molecule has 0 atom stereocenters. The van der Waals surface area contributed by atoms with Crippen molar-refractivity contribution in [2.45, 2.75) is 0 Å². The number of nitrogens with two attached hydrogens (primary N) is 2. The minimum Gasteiger partial charge on any atom is -0.490 e. The molecule has 0 saturated heterocycles. The van der Waals surface area contributed by atoms with Gasteiger partial charge in [-0.2, -0.15) is 0 Å². The van der Waals surface area contributed by atoms with Gasteiger partial charge in [0.2, 0.25) is 15.9 Å². The third-order valence-electron chi connectivity index (χ3n) is 1.99. The van der Waals surface area contributed by atoms with Crippen LogP contribution in [0.15, 0.2) is 24.3 Å². The molecule has 5 N–H and O–H groups in total. The van der Waals surface area contributed by atoms with Gasteiger partial charge < -0.3 is 16.2 Å². The minimum absolute atomic E-state index is 0.0672. The van der Waals surface area contributed by atoms with Gasteiger partial charge in [-0.25, -0.2) is 13.1 Å². The van der Waals surface area contributed by atoms with Crippen LogP contribution in [0.2, 0.25) is 0 Å². The van der Waals surface area contributed by atoms with E-state index in [-0.39, 0.29) is 12.4 Å². The van der Waals surface area contributed by atoms with Crippen molar-refractivity contribution in [3.63, 3.8) is 0 Å². The second kappa shape index (κ2) is 6.22. The van der Waals surface area contributed by atoms with Crippen molar-refractivity contribution in [1.82, 2.24) is 4.72 Å². The molecule has 0 spiro atoms. The zero-order valence-electron chi connectivity index (χ0n) is 9.63. The SMILES string of the molecule is NC(=O)CNS(=O)(=O)CCOc1ccccc1N. The Morgan fingerprint density at radius 3 is 2.61 bits per heavy atom. The van der Waals surface area contributed by atoms with Gasteiger partial charge in [0, 0.05) is 0 Å². The molecule has 0 unspecified atom stereocenters. The van der Waals surface area contributed by atoms with Gasteiger partial charge in [0.05, 0.1) is 18.0 Å². The molecule has 1 amide bonds. The predicted octanol–water partition coefficient (Wildman–Crippen LogP) is -0.948. The van der Waals surface area contributed by atoms with Crippen molar-refractivity contribution in [2.75, 3.05) is 24.6 Å². The van der Waals surface area contributed by atoms with Crippen molar-refractivity contribution in [3.05, 3.63) is 24.3 Å². The Kier molecular flexibility index (Phi) is 4.93. The Bertz CT molecular complexity index is 516. The van der Waals surface area contributed by atoms with Gasteiger partial charge in [-0.15, -0.1) is 0 Å². The Morgan fingerprint density at radius 1 is 1.33 bits per heavy atom. The maximum Gasteiger partial charge on any atom is 0.232 e. The summed E-state index contributed by atoms with van der Waals surface area (Å²) in [6.07, 6.45) is 0. The van der Waals surface area contributed by atoms with Crippen molar-refractivity contribution < 1.29 is 17.9 Å². The van der Waals surface area contributed by atoms with E-state index in [4.69, 9.17) is 16.2 Å². The van der Waals surface area contributed by atoms with Gasteiger partial charge in [-0.05, 0) is 12.1 Å². The van der Waals surface area contributed by atoms with Gasteiger partial charge in [0.15, 0.2) is 0 Å². The lowest BCUT2D eigenvalue weighted by Gasteiger charge is -2.09. The summed E-state index contributed by atoms with van der Waals surface area (Å²) in [5, 5.41) is 0. The first-order valence-corrected chi connectivity index (χ1v) is 6.79. The molecule has 0 radical (unpaired) electrons. The van der Waals surface area contributed by atoms with Gasteiger partial charge >= 0.3 is 0 Å². The molecular formula is C10H15N3O4S. The number of hydrogen-bond acceptors (Lipinski definition) is 5. The van der Waals surface area contributed by atoms with Gasteiger partial charge in [0.25, 0.3) is 0 Å². The van der Waals surface area contributed by atoms with E-state index < -0.39 is 22.5 Å². The van der Waals surface area contributed by atoms with Crippen molar-refractivity contribution in [1.29, 1.82) is 0 Å². The molecule has 1 rings (SSSR count). The maximum atomic E-state index is 11.4. The van der Waals surface area contributed by atoms with Crippen LogP contribution >= 0.6 is 0 Å². The van der Waals surface area contributed by atoms with Crippen LogP contribution in [0.25, 0.3) is 0 Å². The number of primary amides is 1. The summed E-state index contributed by atoms with van der Waals surface area (Å²) in [6, 6.07) is 6.76. The number of nitrogen functional groups attached to an aromatic ring is 1. The Morgan fingerprint density at radius 2 is 2.00 bits per heavy atom. The molecule has 0 saturated carbocycles. The fraction of sp³-hybridized carbons (Fsp3) is 0.300. The van der Waals surface area contributed by atoms with Crippen LogP contribution in [0, 0.1) is 0 Å². The summed E-state index contributed by atoms with van der Waals surface area (Å²) >= 11 is 0. The summed E-state index contributed by atoms with van der Waals surface area (Å²) in [5.74, 6) is -0.608. The number of benzene rings is 1. The number of rotatable bonds is 7. The number of para-hydroxylation sites is 2. The zero-order valence-corrected chi connectivity index (χ0v) is 10.4. The van der Waals surface area contributed by atoms with Crippen LogP contribution in [-0.2, 0) is 14.8 Å². The normalized spacial score (nSPS) is 11.1. The summed E-state index contributed by atoms with van der Waals surface area (Å²) in [5.41, 5.74) is 10.9. The van der Waals surface area contributed by atoms with Crippen LogP contribution in [0.3, 0.4) is 0 Å². The molecule has 100 valence electrons. The van der Waals surface area contributed by atoms with Crippen LogP contribution in [-0.4, -0.2) is 33.2 Å². The minimum atomic E-state index is -3.58. The monoisotopic (exact) mass is 273 g/mol. The number of hydrogen-bond donors (Lipinski definition) is 3. The molecule has 0 heterocycles. The Balaban J connectivity index is 2.42. The van der Waals surface area contributed by atoms with Crippen molar-refractivity contribution in [2.24, 2.45) is 5.73 Å². The molecule has 0 aromatic heterocycles. The van der Waals surface area contributed by atoms with E-state index in [1.807, 2.05) is 4.72 Å². The van der Waals surface area contributed by atoms with Crippen molar-refractivity contribution >= 4 is 21.6 Å². The standard InChI is InChI=1S/C10H15N3O4S/c11-8-3-1-2-4-9(8)17-5-6-18(15,16)13-7-10(12)14/h1-4,13H,5-7,11H2,(H2,12,14). The first kappa shape index (κ1) is 14.3. The van der Waals surface area contributed by atoms with Gasteiger partial charge in [0.1, 0.15) is 12.4 Å². The van der Waals surface area contributed by atoms with Gasteiger partial charge in [-0.1, -0.05) is 12.1 Å². The summed E-state index contributed by atoms with van der Waals surface area (Å²) in [6.45, 7) is -0.488. The highest BCUT2D eigenvalue weighted by atomic mass is 32.2. The molecule has 0 aliphatic heterocycles. The Hall–Kier alpha value is -1.80. The smallest absolute Gasteiger partial charge is 0.232 e. The third kappa shape index (κ3) is 5.02.